The fraction of sp³-hybridized carbons (Fsp3) is 0.353. The van der Waals surface area contributed by atoms with Gasteiger partial charge in [0.25, 0.3) is 0 Å². The molecule has 1 aromatic carbocycles. The lowest BCUT2D eigenvalue weighted by atomic mass is 10.2. The summed E-state index contributed by atoms with van der Waals surface area (Å²) < 4.78 is 15.8. The van der Waals surface area contributed by atoms with Crippen LogP contribution >= 0.6 is 0 Å². The number of hydrogen-bond acceptors (Lipinski definition) is 3. The number of hydrogen-bond donors (Lipinski definition) is 2. The molecule has 6 nitrogen and oxygen atoms in total. The Morgan fingerprint density at radius 1 is 1.21 bits per heavy atom. The maximum absolute atomic E-state index is 14.3. The molecule has 0 fully saturated rings. The molecule has 7 heteroatoms. The number of rotatable bonds is 7. The monoisotopic (exact) mass is 333 g/mol. The second-order valence-electron chi connectivity index (χ2n) is 5.65. The summed E-state index contributed by atoms with van der Waals surface area (Å²) in [6.45, 7) is 3.67. The Morgan fingerprint density at radius 2 is 1.92 bits per heavy atom. The van der Waals surface area contributed by atoms with Gasteiger partial charge in [0.05, 0.1) is 5.69 Å². The quantitative estimate of drug-likeness (QED) is 0.762. The number of amides is 1. The fourth-order valence-corrected chi connectivity index (χ4v) is 2.41. The first kappa shape index (κ1) is 17.7. The Labute approximate surface area is 139 Å². The molecule has 0 spiro atoms. The zero-order chi connectivity index (χ0) is 17.7. The van der Waals surface area contributed by atoms with Crippen LogP contribution in [0, 0.1) is 19.7 Å². The smallest absolute Gasteiger partial charge is 0.303 e. The average molecular weight is 333 g/mol. The van der Waals surface area contributed by atoms with Crippen molar-refractivity contribution in [1.82, 2.24) is 9.78 Å². The molecule has 0 aliphatic carbocycles. The summed E-state index contributed by atoms with van der Waals surface area (Å²) in [6.07, 6.45) is 1.16. The first-order valence-electron chi connectivity index (χ1n) is 7.71. The van der Waals surface area contributed by atoms with Gasteiger partial charge in [0, 0.05) is 24.2 Å². The number of nitrogens with one attached hydrogen (secondary N) is 1. The minimum Gasteiger partial charge on any atom is -0.481 e. The third kappa shape index (κ3) is 4.65. The highest BCUT2D eigenvalue weighted by Gasteiger charge is 2.11. The molecule has 0 radical (unpaired) electrons. The fourth-order valence-electron chi connectivity index (χ4n) is 2.41. The molecule has 0 aliphatic rings. The SMILES string of the molecule is Cc1cc(C)n(-c2ccc(NC(=O)CCCCC(=O)O)cc2F)n1. The van der Waals surface area contributed by atoms with E-state index in [0.717, 1.165) is 11.4 Å². The molecule has 1 aromatic heterocycles. The van der Waals surface area contributed by atoms with Crippen molar-refractivity contribution in [3.63, 3.8) is 0 Å². The van der Waals surface area contributed by atoms with Gasteiger partial charge in [-0.3, -0.25) is 9.59 Å². The number of nitrogens with zero attached hydrogens (tertiary/aromatic N) is 2. The van der Waals surface area contributed by atoms with Gasteiger partial charge < -0.3 is 10.4 Å². The van der Waals surface area contributed by atoms with Crippen LogP contribution in [0.2, 0.25) is 0 Å². The second-order valence-corrected chi connectivity index (χ2v) is 5.65. The number of carboxylic acid groups (broad SMARTS) is 1. The lowest BCUT2D eigenvalue weighted by Gasteiger charge is -2.09. The van der Waals surface area contributed by atoms with Crippen LogP contribution in [0.4, 0.5) is 10.1 Å². The van der Waals surface area contributed by atoms with E-state index in [4.69, 9.17) is 5.11 Å². The largest absolute Gasteiger partial charge is 0.481 e. The molecule has 128 valence electrons. The summed E-state index contributed by atoms with van der Waals surface area (Å²) in [5.41, 5.74) is 2.30. The number of aryl methyl sites for hydroxylation is 2. The van der Waals surface area contributed by atoms with Crippen molar-refractivity contribution < 1.29 is 19.1 Å². The van der Waals surface area contributed by atoms with Gasteiger partial charge in [-0.25, -0.2) is 9.07 Å². The van der Waals surface area contributed by atoms with Gasteiger partial charge in [-0.2, -0.15) is 5.10 Å². The van der Waals surface area contributed by atoms with Crippen LogP contribution in [0.5, 0.6) is 0 Å². The Hall–Kier alpha value is -2.70. The molecule has 2 rings (SSSR count). The minimum atomic E-state index is -0.878. The molecule has 0 atom stereocenters. The summed E-state index contributed by atoms with van der Waals surface area (Å²) in [5, 5.41) is 15.4. The zero-order valence-electron chi connectivity index (χ0n) is 13.7. The molecule has 24 heavy (non-hydrogen) atoms. The highest BCUT2D eigenvalue weighted by atomic mass is 19.1. The van der Waals surface area contributed by atoms with Gasteiger partial charge in [-0.15, -0.1) is 0 Å². The molecular weight excluding hydrogens is 313 g/mol. The van der Waals surface area contributed by atoms with E-state index in [-0.39, 0.29) is 18.7 Å². The minimum absolute atomic E-state index is 0.0409. The third-order valence-electron chi connectivity index (χ3n) is 3.51. The number of unbranched alkanes of at least 4 members (excludes halogenated alkanes) is 1. The van der Waals surface area contributed by atoms with Crippen molar-refractivity contribution in [1.29, 1.82) is 0 Å². The lowest BCUT2D eigenvalue weighted by molar-refractivity contribution is -0.137. The van der Waals surface area contributed by atoms with Crippen molar-refractivity contribution in [3.8, 4) is 5.69 Å². The number of aliphatic carboxylic acids is 1. The van der Waals surface area contributed by atoms with Crippen molar-refractivity contribution in [2.24, 2.45) is 0 Å². The molecule has 1 amide bonds. The number of carbonyl (C=O) groups is 2. The summed E-state index contributed by atoms with van der Waals surface area (Å²) in [6, 6.07) is 6.28. The summed E-state index contributed by atoms with van der Waals surface area (Å²) in [7, 11) is 0. The van der Waals surface area contributed by atoms with Gasteiger partial charge >= 0.3 is 5.97 Å². The van der Waals surface area contributed by atoms with Gasteiger partial charge in [0.2, 0.25) is 5.91 Å². The Bertz CT molecular complexity index is 756. The molecule has 0 unspecified atom stereocenters. The van der Waals surface area contributed by atoms with Gasteiger partial charge in [-0.05, 0) is 51.0 Å². The van der Waals surface area contributed by atoms with E-state index in [1.165, 1.54) is 10.7 Å². The van der Waals surface area contributed by atoms with Gasteiger partial charge in [-0.1, -0.05) is 0 Å². The molecule has 0 bridgehead atoms. The van der Waals surface area contributed by atoms with Crippen LogP contribution in [0.25, 0.3) is 5.69 Å². The molecule has 0 saturated carbocycles. The van der Waals surface area contributed by atoms with E-state index in [1.54, 1.807) is 12.1 Å². The van der Waals surface area contributed by atoms with Crippen LogP contribution in [0.1, 0.15) is 37.1 Å². The standard InChI is InChI=1S/C17H20FN3O3/c1-11-9-12(2)21(20-11)15-8-7-13(10-14(15)18)19-16(22)5-3-4-6-17(23)24/h7-10H,3-6H2,1-2H3,(H,19,22)(H,23,24). The van der Waals surface area contributed by atoms with E-state index >= 15 is 0 Å². The molecule has 0 aliphatic heterocycles. The summed E-state index contributed by atoms with van der Waals surface area (Å²) >= 11 is 0. The van der Waals surface area contributed by atoms with Crippen molar-refractivity contribution in [2.45, 2.75) is 39.5 Å². The van der Waals surface area contributed by atoms with Crippen LogP contribution in [-0.4, -0.2) is 26.8 Å². The van der Waals surface area contributed by atoms with Crippen molar-refractivity contribution in [3.05, 3.63) is 41.5 Å². The van der Waals surface area contributed by atoms with Crippen LogP contribution in [0.15, 0.2) is 24.3 Å². The molecule has 0 saturated heterocycles. The first-order valence-corrected chi connectivity index (χ1v) is 7.71. The lowest BCUT2D eigenvalue weighted by Crippen LogP contribution is -2.12. The number of anilines is 1. The normalized spacial score (nSPS) is 10.6. The van der Waals surface area contributed by atoms with E-state index in [0.29, 0.717) is 24.2 Å². The maximum atomic E-state index is 14.3. The highest BCUT2D eigenvalue weighted by molar-refractivity contribution is 5.90. The number of benzene rings is 1. The van der Waals surface area contributed by atoms with Crippen molar-refractivity contribution >= 4 is 17.6 Å². The molecule has 2 aromatic rings. The molecule has 2 N–H and O–H groups in total. The highest BCUT2D eigenvalue weighted by Crippen LogP contribution is 2.20. The number of halogens is 1. The third-order valence-corrected chi connectivity index (χ3v) is 3.51. The Balaban J connectivity index is 1.98. The predicted octanol–water partition coefficient (Wildman–Crippen LogP) is 3.21. The van der Waals surface area contributed by atoms with E-state index < -0.39 is 11.8 Å². The molecular formula is C17H20FN3O3. The predicted molar refractivity (Wildman–Crippen MR) is 87.7 cm³/mol. The molecule has 1 heterocycles. The summed E-state index contributed by atoms with van der Waals surface area (Å²) in [4.78, 5) is 22.2. The topological polar surface area (TPSA) is 84.2 Å². The average Bonchev–Trinajstić information content (AvgIpc) is 2.82. The second kappa shape index (κ2) is 7.72. The zero-order valence-corrected chi connectivity index (χ0v) is 13.7. The Morgan fingerprint density at radius 3 is 2.50 bits per heavy atom. The van der Waals surface area contributed by atoms with Crippen molar-refractivity contribution in [2.75, 3.05) is 5.32 Å². The van der Waals surface area contributed by atoms with Gasteiger partial charge in [0.1, 0.15) is 5.69 Å². The van der Waals surface area contributed by atoms with Crippen LogP contribution in [0.3, 0.4) is 0 Å². The van der Waals surface area contributed by atoms with E-state index in [2.05, 4.69) is 10.4 Å². The van der Waals surface area contributed by atoms with Crippen LogP contribution in [-0.2, 0) is 9.59 Å². The van der Waals surface area contributed by atoms with Gasteiger partial charge in [0.15, 0.2) is 5.82 Å². The first-order chi connectivity index (χ1) is 11.4. The maximum Gasteiger partial charge on any atom is 0.303 e. The summed E-state index contributed by atoms with van der Waals surface area (Å²) in [5.74, 6) is -1.62. The number of carbonyl (C=O) groups excluding carboxylic acids is 1. The number of aromatic nitrogens is 2. The Kier molecular flexibility index (Phi) is 5.68. The van der Waals surface area contributed by atoms with Crippen LogP contribution < -0.4 is 5.32 Å². The number of carboxylic acids is 1. The van der Waals surface area contributed by atoms with E-state index in [1.807, 2.05) is 19.9 Å². The van der Waals surface area contributed by atoms with E-state index in [9.17, 15) is 14.0 Å².